The van der Waals surface area contributed by atoms with Crippen LogP contribution in [0.25, 0.3) is 5.69 Å². The van der Waals surface area contributed by atoms with Gasteiger partial charge in [-0.2, -0.15) is 5.10 Å². The second kappa shape index (κ2) is 8.47. The molecule has 3 aromatic rings. The van der Waals surface area contributed by atoms with Gasteiger partial charge in [0.15, 0.2) is 5.69 Å². The molecular weight excluding hydrogens is 397 g/mol. The molecule has 1 fully saturated rings. The van der Waals surface area contributed by atoms with E-state index in [9.17, 15) is 9.18 Å². The van der Waals surface area contributed by atoms with Crippen molar-refractivity contribution >= 4 is 11.7 Å². The summed E-state index contributed by atoms with van der Waals surface area (Å²) in [5.41, 5.74) is 3.51. The largest absolute Gasteiger partial charge is 0.378 e. The van der Waals surface area contributed by atoms with Crippen molar-refractivity contribution in [3.05, 3.63) is 70.9 Å². The number of amides is 1. The number of ether oxygens (including phenoxy) is 1. The van der Waals surface area contributed by atoms with Crippen molar-refractivity contribution in [2.45, 2.75) is 25.8 Å². The number of para-hydroxylation sites is 1. The lowest BCUT2D eigenvalue weighted by Gasteiger charge is -2.27. The van der Waals surface area contributed by atoms with Gasteiger partial charge < -0.3 is 15.0 Å². The highest BCUT2D eigenvalue weighted by Gasteiger charge is 2.27. The van der Waals surface area contributed by atoms with Crippen LogP contribution >= 0.6 is 0 Å². The van der Waals surface area contributed by atoms with Crippen molar-refractivity contribution in [3.8, 4) is 5.69 Å². The first-order valence-electron chi connectivity index (χ1n) is 10.6. The SMILES string of the molecule is O=C(NCc1ccc(N2CCOCC2)nc1)c1nn(-c2ccccc2F)c2c1CCC2. The highest BCUT2D eigenvalue weighted by molar-refractivity contribution is 5.94. The van der Waals surface area contributed by atoms with Gasteiger partial charge in [-0.3, -0.25) is 4.79 Å². The molecule has 0 spiro atoms. The van der Waals surface area contributed by atoms with Gasteiger partial charge in [0.2, 0.25) is 0 Å². The second-order valence-electron chi connectivity index (χ2n) is 7.80. The molecule has 2 aromatic heterocycles. The van der Waals surface area contributed by atoms with Crippen LogP contribution in [0.4, 0.5) is 10.2 Å². The Labute approximate surface area is 179 Å². The van der Waals surface area contributed by atoms with Gasteiger partial charge in [-0.05, 0) is 43.0 Å². The number of carbonyl (C=O) groups is 1. The summed E-state index contributed by atoms with van der Waals surface area (Å²) in [4.78, 5) is 19.6. The van der Waals surface area contributed by atoms with E-state index in [1.54, 1.807) is 29.1 Å². The van der Waals surface area contributed by atoms with Crippen molar-refractivity contribution in [3.63, 3.8) is 0 Å². The quantitative estimate of drug-likeness (QED) is 0.686. The number of halogens is 1. The first kappa shape index (κ1) is 19.7. The van der Waals surface area contributed by atoms with Gasteiger partial charge >= 0.3 is 0 Å². The smallest absolute Gasteiger partial charge is 0.272 e. The molecule has 5 rings (SSSR count). The summed E-state index contributed by atoms with van der Waals surface area (Å²) in [6.45, 7) is 3.45. The average Bonchev–Trinajstić information content (AvgIpc) is 3.42. The monoisotopic (exact) mass is 421 g/mol. The normalized spacial score (nSPS) is 15.7. The molecule has 1 aromatic carbocycles. The minimum Gasteiger partial charge on any atom is -0.378 e. The van der Waals surface area contributed by atoms with E-state index in [0.29, 0.717) is 31.1 Å². The van der Waals surface area contributed by atoms with Gasteiger partial charge in [-0.1, -0.05) is 18.2 Å². The van der Waals surface area contributed by atoms with Crippen molar-refractivity contribution in [1.82, 2.24) is 20.1 Å². The van der Waals surface area contributed by atoms with Crippen molar-refractivity contribution in [1.29, 1.82) is 0 Å². The number of pyridine rings is 1. The molecule has 0 radical (unpaired) electrons. The number of hydrogen-bond donors (Lipinski definition) is 1. The molecule has 8 heteroatoms. The number of hydrogen-bond acceptors (Lipinski definition) is 5. The number of nitrogens with one attached hydrogen (secondary N) is 1. The van der Waals surface area contributed by atoms with E-state index in [2.05, 4.69) is 20.3 Å². The van der Waals surface area contributed by atoms with Gasteiger partial charge in [0.25, 0.3) is 5.91 Å². The molecule has 160 valence electrons. The van der Waals surface area contributed by atoms with Crippen LogP contribution in [0.15, 0.2) is 42.6 Å². The van der Waals surface area contributed by atoms with E-state index in [1.807, 2.05) is 12.1 Å². The number of rotatable bonds is 5. The Morgan fingerprint density at radius 1 is 1.13 bits per heavy atom. The second-order valence-corrected chi connectivity index (χ2v) is 7.80. The molecule has 0 atom stereocenters. The van der Waals surface area contributed by atoms with Crippen LogP contribution in [0.5, 0.6) is 0 Å². The minimum absolute atomic E-state index is 0.245. The zero-order valence-corrected chi connectivity index (χ0v) is 17.2. The number of morpholine rings is 1. The third-order valence-corrected chi connectivity index (χ3v) is 5.82. The Hall–Kier alpha value is -3.26. The lowest BCUT2D eigenvalue weighted by Crippen LogP contribution is -2.36. The van der Waals surface area contributed by atoms with E-state index in [4.69, 9.17) is 4.74 Å². The highest BCUT2D eigenvalue weighted by atomic mass is 19.1. The summed E-state index contributed by atoms with van der Waals surface area (Å²) < 4.78 is 21.3. The molecule has 1 aliphatic carbocycles. The minimum atomic E-state index is -0.349. The average molecular weight is 421 g/mol. The van der Waals surface area contributed by atoms with E-state index < -0.39 is 0 Å². The lowest BCUT2D eigenvalue weighted by atomic mass is 10.2. The molecule has 1 saturated heterocycles. The Kier molecular flexibility index (Phi) is 5.38. The maximum absolute atomic E-state index is 14.3. The summed E-state index contributed by atoms with van der Waals surface area (Å²) in [5, 5.41) is 7.42. The van der Waals surface area contributed by atoms with E-state index in [-0.39, 0.29) is 11.7 Å². The fraction of sp³-hybridized carbons (Fsp3) is 0.348. The van der Waals surface area contributed by atoms with Crippen LogP contribution in [0.2, 0.25) is 0 Å². The summed E-state index contributed by atoms with van der Waals surface area (Å²) in [6.07, 6.45) is 4.29. The molecule has 0 bridgehead atoms. The summed E-state index contributed by atoms with van der Waals surface area (Å²) in [7, 11) is 0. The van der Waals surface area contributed by atoms with E-state index >= 15 is 0 Å². The number of nitrogens with zero attached hydrogens (tertiary/aromatic N) is 4. The van der Waals surface area contributed by atoms with Gasteiger partial charge in [0, 0.05) is 37.1 Å². The number of aromatic nitrogens is 3. The topological polar surface area (TPSA) is 72.3 Å². The molecule has 0 unspecified atom stereocenters. The maximum Gasteiger partial charge on any atom is 0.272 e. The van der Waals surface area contributed by atoms with Crippen LogP contribution in [0.1, 0.15) is 33.7 Å². The molecule has 31 heavy (non-hydrogen) atoms. The molecule has 1 amide bonds. The van der Waals surface area contributed by atoms with Crippen molar-refractivity contribution in [2.75, 3.05) is 31.2 Å². The summed E-state index contributed by atoms with van der Waals surface area (Å²) in [6, 6.07) is 10.5. The van der Waals surface area contributed by atoms with Crippen molar-refractivity contribution in [2.24, 2.45) is 0 Å². The fourth-order valence-corrected chi connectivity index (χ4v) is 4.21. The molecule has 2 aliphatic rings. The molecule has 7 nitrogen and oxygen atoms in total. The Balaban J connectivity index is 1.30. The van der Waals surface area contributed by atoms with Crippen molar-refractivity contribution < 1.29 is 13.9 Å². The van der Waals surface area contributed by atoms with E-state index in [0.717, 1.165) is 55.0 Å². The third-order valence-electron chi connectivity index (χ3n) is 5.82. The molecule has 1 N–H and O–H groups in total. The predicted octanol–water partition coefficient (Wildman–Crippen LogP) is 2.66. The first-order chi connectivity index (χ1) is 15.2. The predicted molar refractivity (Wildman–Crippen MR) is 114 cm³/mol. The molecule has 0 saturated carbocycles. The zero-order valence-electron chi connectivity index (χ0n) is 17.2. The van der Waals surface area contributed by atoms with Crippen LogP contribution in [0.3, 0.4) is 0 Å². The number of carbonyl (C=O) groups excluding carboxylic acids is 1. The van der Waals surface area contributed by atoms with Gasteiger partial charge in [-0.15, -0.1) is 0 Å². The lowest BCUT2D eigenvalue weighted by molar-refractivity contribution is 0.0944. The molecular formula is C23H24FN5O2. The summed E-state index contributed by atoms with van der Waals surface area (Å²) in [5.74, 6) is 0.323. The number of fused-ring (bicyclic) bond motifs is 1. The van der Waals surface area contributed by atoms with Crippen LogP contribution in [0, 0.1) is 5.82 Å². The van der Waals surface area contributed by atoms with Crippen LogP contribution < -0.4 is 10.2 Å². The van der Waals surface area contributed by atoms with Crippen LogP contribution in [-0.2, 0) is 24.1 Å². The highest BCUT2D eigenvalue weighted by Crippen LogP contribution is 2.28. The maximum atomic E-state index is 14.3. The Bertz CT molecular complexity index is 1090. The number of anilines is 1. The summed E-state index contributed by atoms with van der Waals surface area (Å²) >= 11 is 0. The first-order valence-corrected chi connectivity index (χ1v) is 10.6. The Morgan fingerprint density at radius 2 is 1.97 bits per heavy atom. The molecule has 3 heterocycles. The van der Waals surface area contributed by atoms with Crippen LogP contribution in [-0.4, -0.2) is 47.0 Å². The van der Waals surface area contributed by atoms with Gasteiger partial charge in [0.05, 0.1) is 13.2 Å². The third kappa shape index (κ3) is 3.90. The van der Waals surface area contributed by atoms with E-state index in [1.165, 1.54) is 6.07 Å². The number of benzene rings is 1. The van der Waals surface area contributed by atoms with Gasteiger partial charge in [0.1, 0.15) is 17.3 Å². The fourth-order valence-electron chi connectivity index (χ4n) is 4.21. The zero-order chi connectivity index (χ0) is 21.2. The van der Waals surface area contributed by atoms with Gasteiger partial charge in [-0.25, -0.2) is 14.1 Å². The Morgan fingerprint density at radius 3 is 2.74 bits per heavy atom. The molecule has 1 aliphatic heterocycles. The standard InChI is InChI=1S/C23H24FN5O2/c24-18-5-1-2-6-20(18)29-19-7-3-4-17(19)22(27-29)23(30)26-15-16-8-9-21(25-14-16)28-10-12-31-13-11-28/h1-2,5-6,8-9,14H,3-4,7,10-13,15H2,(H,26,30).